The van der Waals surface area contributed by atoms with Crippen LogP contribution < -0.4 is 5.32 Å². The van der Waals surface area contributed by atoms with Crippen LogP contribution in [0.5, 0.6) is 0 Å². The molecule has 2 rings (SSSR count). The molecule has 1 N–H and O–H groups in total. The van der Waals surface area contributed by atoms with Gasteiger partial charge in [-0.05, 0) is 20.3 Å². The van der Waals surface area contributed by atoms with Crippen LogP contribution in [0.25, 0.3) is 0 Å². The summed E-state index contributed by atoms with van der Waals surface area (Å²) in [7, 11) is 0. The summed E-state index contributed by atoms with van der Waals surface area (Å²) >= 11 is 0. The van der Waals surface area contributed by atoms with Crippen LogP contribution in [-0.4, -0.2) is 46.0 Å². The molecule has 0 atom stereocenters. The lowest BCUT2D eigenvalue weighted by Crippen LogP contribution is -2.30. The third kappa shape index (κ3) is 4.79. The number of aromatic nitrogens is 2. The molecule has 2 heterocycles. The van der Waals surface area contributed by atoms with Crippen LogP contribution in [0, 0.1) is 0 Å². The predicted molar refractivity (Wildman–Crippen MR) is 85.5 cm³/mol. The van der Waals surface area contributed by atoms with Crippen LogP contribution in [0.2, 0.25) is 0 Å². The van der Waals surface area contributed by atoms with Gasteiger partial charge in [0.05, 0.1) is 25.0 Å². The molecule has 1 aliphatic heterocycles. The normalized spacial score (nSPS) is 13.5. The molecule has 1 aromatic rings. The van der Waals surface area contributed by atoms with Crippen LogP contribution in [0.3, 0.4) is 0 Å². The number of nitrogens with zero attached hydrogens (tertiary/aromatic N) is 3. The minimum Gasteiger partial charge on any atom is -0.372 e. The van der Waals surface area contributed by atoms with E-state index >= 15 is 0 Å². The molecule has 1 aliphatic rings. The van der Waals surface area contributed by atoms with Crippen LogP contribution in [0.1, 0.15) is 44.6 Å². The minimum absolute atomic E-state index is 0.0278. The summed E-state index contributed by atoms with van der Waals surface area (Å²) in [5.41, 5.74) is 0.996. The second-order valence-corrected chi connectivity index (χ2v) is 5.57. The average Bonchev–Trinajstić information content (AvgIpc) is 2.97. The molecule has 0 saturated carbocycles. The van der Waals surface area contributed by atoms with Gasteiger partial charge in [-0.15, -0.1) is 0 Å². The molecule has 7 heteroatoms. The first-order chi connectivity index (χ1) is 11.2. The van der Waals surface area contributed by atoms with Crippen molar-refractivity contribution >= 4 is 11.8 Å². The summed E-state index contributed by atoms with van der Waals surface area (Å²) in [6, 6.07) is 0. The van der Waals surface area contributed by atoms with Crippen molar-refractivity contribution in [3.05, 3.63) is 17.7 Å². The van der Waals surface area contributed by atoms with Gasteiger partial charge in [0.1, 0.15) is 12.4 Å². The molecule has 0 unspecified atom stereocenters. The molecule has 1 aromatic heterocycles. The van der Waals surface area contributed by atoms with E-state index in [1.54, 1.807) is 11.1 Å². The van der Waals surface area contributed by atoms with Crippen LogP contribution in [0.15, 0.2) is 6.20 Å². The van der Waals surface area contributed by atoms with E-state index in [0.717, 1.165) is 31.2 Å². The Morgan fingerprint density at radius 1 is 1.35 bits per heavy atom. The van der Waals surface area contributed by atoms with Gasteiger partial charge in [-0.25, -0.2) is 4.98 Å². The Kier molecular flexibility index (Phi) is 6.58. The van der Waals surface area contributed by atoms with Crippen molar-refractivity contribution in [3.63, 3.8) is 0 Å². The van der Waals surface area contributed by atoms with Crippen molar-refractivity contribution in [2.24, 2.45) is 0 Å². The van der Waals surface area contributed by atoms with E-state index < -0.39 is 0 Å². The van der Waals surface area contributed by atoms with Crippen LogP contribution in [-0.2, 0) is 34.0 Å². The van der Waals surface area contributed by atoms with Gasteiger partial charge in [-0.1, -0.05) is 0 Å². The number of imidazole rings is 1. The standard InChI is InChI=1S/C16H26N4O3/c1-3-19(4-2)16(22)7-5-6-15(21)18-11-13-10-17-14-12-23-9-8-20(13)14/h10H,3-9,11-12H2,1-2H3,(H,18,21). The SMILES string of the molecule is CCN(CC)C(=O)CCCC(=O)NCc1cnc2n1CCOC2. The Bertz CT molecular complexity index is 537. The minimum atomic E-state index is -0.0278. The third-order valence-corrected chi connectivity index (χ3v) is 4.09. The summed E-state index contributed by atoms with van der Waals surface area (Å²) < 4.78 is 7.43. The fourth-order valence-electron chi connectivity index (χ4n) is 2.71. The van der Waals surface area contributed by atoms with Crippen molar-refractivity contribution in [1.82, 2.24) is 19.8 Å². The van der Waals surface area contributed by atoms with Crippen molar-refractivity contribution < 1.29 is 14.3 Å². The van der Waals surface area contributed by atoms with Crippen molar-refractivity contribution in [2.45, 2.75) is 52.8 Å². The largest absolute Gasteiger partial charge is 0.372 e. The first-order valence-corrected chi connectivity index (χ1v) is 8.31. The van der Waals surface area contributed by atoms with Crippen LogP contribution >= 0.6 is 0 Å². The fraction of sp³-hybridized carbons (Fsp3) is 0.688. The molecule has 0 aliphatic carbocycles. The average molecular weight is 322 g/mol. The predicted octanol–water partition coefficient (Wildman–Crippen LogP) is 1.07. The molecule has 0 fully saturated rings. The van der Waals surface area contributed by atoms with E-state index in [0.29, 0.717) is 39.0 Å². The first-order valence-electron chi connectivity index (χ1n) is 8.31. The summed E-state index contributed by atoms with van der Waals surface area (Å²) in [5, 5.41) is 2.90. The Morgan fingerprint density at radius 3 is 2.87 bits per heavy atom. The molecule has 0 saturated heterocycles. The molecule has 7 nitrogen and oxygen atoms in total. The maximum Gasteiger partial charge on any atom is 0.222 e. The summed E-state index contributed by atoms with van der Waals surface area (Å²) in [4.78, 5) is 29.9. The maximum atomic E-state index is 11.9. The van der Waals surface area contributed by atoms with Crippen LogP contribution in [0.4, 0.5) is 0 Å². The van der Waals surface area contributed by atoms with Crippen molar-refractivity contribution in [2.75, 3.05) is 19.7 Å². The molecule has 0 bridgehead atoms. The van der Waals surface area contributed by atoms with E-state index in [-0.39, 0.29) is 11.8 Å². The smallest absolute Gasteiger partial charge is 0.222 e. The second-order valence-electron chi connectivity index (χ2n) is 5.57. The topological polar surface area (TPSA) is 76.5 Å². The van der Waals surface area contributed by atoms with Gasteiger partial charge in [0.15, 0.2) is 0 Å². The van der Waals surface area contributed by atoms with Gasteiger partial charge < -0.3 is 19.5 Å². The highest BCUT2D eigenvalue weighted by molar-refractivity contribution is 5.78. The molecule has 0 aromatic carbocycles. The number of hydrogen-bond acceptors (Lipinski definition) is 4. The van der Waals surface area contributed by atoms with Gasteiger partial charge in [-0.3, -0.25) is 9.59 Å². The highest BCUT2D eigenvalue weighted by atomic mass is 16.5. The highest BCUT2D eigenvalue weighted by Crippen LogP contribution is 2.11. The zero-order valence-corrected chi connectivity index (χ0v) is 14.0. The van der Waals surface area contributed by atoms with E-state index in [1.165, 1.54) is 0 Å². The Morgan fingerprint density at radius 2 is 2.13 bits per heavy atom. The molecular weight excluding hydrogens is 296 g/mol. The Hall–Kier alpha value is -1.89. The number of carbonyl (C=O) groups excluding carboxylic acids is 2. The Balaban J connectivity index is 1.69. The number of amides is 2. The zero-order valence-electron chi connectivity index (χ0n) is 14.0. The van der Waals surface area contributed by atoms with E-state index in [1.807, 2.05) is 13.8 Å². The van der Waals surface area contributed by atoms with E-state index in [9.17, 15) is 9.59 Å². The number of ether oxygens (including phenoxy) is 1. The van der Waals surface area contributed by atoms with Gasteiger partial charge in [0.2, 0.25) is 11.8 Å². The maximum absolute atomic E-state index is 11.9. The molecule has 128 valence electrons. The van der Waals surface area contributed by atoms with Gasteiger partial charge in [0, 0.05) is 32.5 Å². The van der Waals surface area contributed by atoms with Crippen molar-refractivity contribution in [1.29, 1.82) is 0 Å². The van der Waals surface area contributed by atoms with Gasteiger partial charge in [-0.2, -0.15) is 0 Å². The molecule has 0 radical (unpaired) electrons. The number of carbonyl (C=O) groups is 2. The third-order valence-electron chi connectivity index (χ3n) is 4.09. The molecule has 23 heavy (non-hydrogen) atoms. The van der Waals surface area contributed by atoms with E-state index in [4.69, 9.17) is 4.74 Å². The number of hydrogen-bond donors (Lipinski definition) is 1. The quantitative estimate of drug-likeness (QED) is 0.777. The molecule has 0 spiro atoms. The monoisotopic (exact) mass is 322 g/mol. The summed E-state index contributed by atoms with van der Waals surface area (Å²) in [5.74, 6) is 0.998. The molecule has 2 amide bonds. The van der Waals surface area contributed by atoms with Gasteiger partial charge in [0.25, 0.3) is 0 Å². The first kappa shape index (κ1) is 17.5. The molecular formula is C16H26N4O3. The Labute approximate surface area is 137 Å². The zero-order chi connectivity index (χ0) is 16.7. The lowest BCUT2D eigenvalue weighted by atomic mass is 10.2. The second kappa shape index (κ2) is 8.67. The lowest BCUT2D eigenvalue weighted by Gasteiger charge is -2.18. The summed E-state index contributed by atoms with van der Waals surface area (Å²) in [6.07, 6.45) is 3.17. The van der Waals surface area contributed by atoms with E-state index in [2.05, 4.69) is 14.9 Å². The lowest BCUT2D eigenvalue weighted by molar-refractivity contribution is -0.131. The van der Waals surface area contributed by atoms with Crippen molar-refractivity contribution in [3.8, 4) is 0 Å². The summed E-state index contributed by atoms with van der Waals surface area (Å²) in [6.45, 7) is 7.82. The number of fused-ring (bicyclic) bond motifs is 1. The number of nitrogens with one attached hydrogen (secondary N) is 1. The highest BCUT2D eigenvalue weighted by Gasteiger charge is 2.15. The van der Waals surface area contributed by atoms with Gasteiger partial charge >= 0.3 is 0 Å². The fourth-order valence-corrected chi connectivity index (χ4v) is 2.71. The number of rotatable bonds is 8.